The Morgan fingerprint density at radius 2 is 1.59 bits per heavy atom. The smallest absolute Gasteiger partial charge is 0.416 e. The van der Waals surface area contributed by atoms with Gasteiger partial charge in [0.05, 0.1) is 23.3 Å². The first-order valence-electron chi connectivity index (χ1n) is 11.2. The summed E-state index contributed by atoms with van der Waals surface area (Å²) in [5.74, 6) is -3.90. The number of anilines is 2. The number of fused-ring (bicyclic) bond motifs is 1. The first-order chi connectivity index (χ1) is 18.5. The maximum absolute atomic E-state index is 14.1. The summed E-state index contributed by atoms with van der Waals surface area (Å²) in [6.45, 7) is -0.645. The first-order valence-corrected chi connectivity index (χ1v) is 11.2. The van der Waals surface area contributed by atoms with E-state index in [1.54, 1.807) is 12.1 Å². The maximum atomic E-state index is 14.1. The lowest BCUT2D eigenvalue weighted by atomic mass is 10.1. The molecule has 0 aliphatic carbocycles. The molecule has 4 rings (SSSR count). The standard InChI is InChI=1S/C26H19F5N4O4/c27-19-9-18-21(34-25(38)33-16-7-5-15(6-8-16)26(29,30)31)12-35(22(18)10-20(19)28)24(37)17-4-2-1-3-14(17)13-39-23(36)11-32/h1-10,12H,11,13,32H2,(H2,33,34,38). The number of hydrogen-bond acceptors (Lipinski definition) is 5. The van der Waals surface area contributed by atoms with Crippen molar-refractivity contribution in [3.63, 3.8) is 0 Å². The highest BCUT2D eigenvalue weighted by Gasteiger charge is 2.30. The van der Waals surface area contributed by atoms with E-state index in [2.05, 4.69) is 10.6 Å². The molecule has 0 atom stereocenters. The number of nitrogens with two attached hydrogens (primary N) is 1. The van der Waals surface area contributed by atoms with Crippen LogP contribution in [-0.4, -0.2) is 29.0 Å². The Labute approximate surface area is 217 Å². The van der Waals surface area contributed by atoms with Gasteiger partial charge in [-0.25, -0.2) is 13.6 Å². The second-order valence-corrected chi connectivity index (χ2v) is 8.18. The molecule has 0 aliphatic rings. The summed E-state index contributed by atoms with van der Waals surface area (Å²) in [6, 6.07) is 10.4. The van der Waals surface area contributed by atoms with Gasteiger partial charge in [0.1, 0.15) is 6.61 Å². The van der Waals surface area contributed by atoms with Crippen LogP contribution in [0.3, 0.4) is 0 Å². The molecule has 3 aromatic carbocycles. The number of urea groups is 1. The minimum absolute atomic E-state index is 0.0264. The molecule has 39 heavy (non-hydrogen) atoms. The number of alkyl halides is 3. The SMILES string of the molecule is NCC(=O)OCc1ccccc1C(=O)n1cc(NC(=O)Nc2ccc(C(F)(F)F)cc2)c2cc(F)c(F)cc21. The van der Waals surface area contributed by atoms with Crippen molar-refractivity contribution in [3.05, 3.63) is 95.2 Å². The Kier molecular flexibility index (Phi) is 7.63. The Morgan fingerprint density at radius 1 is 0.923 bits per heavy atom. The fourth-order valence-electron chi connectivity index (χ4n) is 3.72. The van der Waals surface area contributed by atoms with Gasteiger partial charge in [0.2, 0.25) is 0 Å². The van der Waals surface area contributed by atoms with Crippen molar-refractivity contribution in [3.8, 4) is 0 Å². The largest absolute Gasteiger partial charge is 0.460 e. The predicted molar refractivity (Wildman–Crippen MR) is 131 cm³/mol. The van der Waals surface area contributed by atoms with E-state index in [0.717, 1.165) is 47.2 Å². The third-order valence-corrected chi connectivity index (χ3v) is 5.59. The van der Waals surface area contributed by atoms with Crippen molar-refractivity contribution in [1.29, 1.82) is 0 Å². The topological polar surface area (TPSA) is 115 Å². The Bertz CT molecular complexity index is 1570. The number of halogens is 5. The summed E-state index contributed by atoms with van der Waals surface area (Å²) in [5.41, 5.74) is 4.55. The van der Waals surface area contributed by atoms with Crippen LogP contribution in [0.2, 0.25) is 0 Å². The second kappa shape index (κ2) is 10.9. The minimum Gasteiger partial charge on any atom is -0.460 e. The lowest BCUT2D eigenvalue weighted by Gasteiger charge is -2.10. The molecule has 4 aromatic rings. The number of aromatic nitrogens is 1. The van der Waals surface area contributed by atoms with Gasteiger partial charge in [-0.1, -0.05) is 18.2 Å². The summed E-state index contributed by atoms with van der Waals surface area (Å²) >= 11 is 0. The van der Waals surface area contributed by atoms with Crippen molar-refractivity contribution in [1.82, 2.24) is 4.57 Å². The van der Waals surface area contributed by atoms with Crippen LogP contribution in [-0.2, 0) is 22.3 Å². The molecule has 2 amide bonds. The molecule has 0 spiro atoms. The van der Waals surface area contributed by atoms with Crippen molar-refractivity contribution in [2.45, 2.75) is 12.8 Å². The molecule has 0 saturated carbocycles. The highest BCUT2D eigenvalue weighted by atomic mass is 19.4. The zero-order valence-corrected chi connectivity index (χ0v) is 19.8. The number of hydrogen-bond donors (Lipinski definition) is 3. The average molecular weight is 546 g/mol. The number of ether oxygens (including phenoxy) is 1. The fourth-order valence-corrected chi connectivity index (χ4v) is 3.72. The van der Waals surface area contributed by atoms with E-state index in [1.807, 2.05) is 0 Å². The average Bonchev–Trinajstić information content (AvgIpc) is 3.23. The highest BCUT2D eigenvalue weighted by molar-refractivity contribution is 6.10. The molecule has 0 fully saturated rings. The van der Waals surface area contributed by atoms with E-state index < -0.39 is 41.3 Å². The van der Waals surface area contributed by atoms with Crippen LogP contribution in [0.4, 0.5) is 38.1 Å². The monoisotopic (exact) mass is 546 g/mol. The molecule has 0 aliphatic heterocycles. The molecule has 0 saturated heterocycles. The van der Waals surface area contributed by atoms with Gasteiger partial charge in [-0.3, -0.25) is 14.2 Å². The van der Waals surface area contributed by atoms with Gasteiger partial charge in [0, 0.05) is 34.5 Å². The van der Waals surface area contributed by atoms with Crippen LogP contribution in [0, 0.1) is 11.6 Å². The Balaban J connectivity index is 1.65. The third kappa shape index (κ3) is 6.04. The van der Waals surface area contributed by atoms with E-state index in [4.69, 9.17) is 10.5 Å². The highest BCUT2D eigenvalue weighted by Crippen LogP contribution is 2.31. The number of rotatable bonds is 6. The van der Waals surface area contributed by atoms with Crippen LogP contribution in [0.25, 0.3) is 10.9 Å². The van der Waals surface area contributed by atoms with Crippen LogP contribution in [0.1, 0.15) is 21.5 Å². The third-order valence-electron chi connectivity index (χ3n) is 5.59. The molecule has 0 unspecified atom stereocenters. The molecule has 1 heterocycles. The van der Waals surface area contributed by atoms with Crippen molar-refractivity contribution in [2.75, 3.05) is 17.2 Å². The molecular weight excluding hydrogens is 527 g/mol. The summed E-state index contributed by atoms with van der Waals surface area (Å²) in [7, 11) is 0. The first kappa shape index (κ1) is 27.3. The number of amides is 2. The molecule has 0 bridgehead atoms. The second-order valence-electron chi connectivity index (χ2n) is 8.18. The van der Waals surface area contributed by atoms with Crippen molar-refractivity contribution < 1.29 is 41.1 Å². The lowest BCUT2D eigenvalue weighted by Crippen LogP contribution is -2.20. The number of nitrogens with one attached hydrogen (secondary N) is 2. The lowest BCUT2D eigenvalue weighted by molar-refractivity contribution is -0.143. The van der Waals surface area contributed by atoms with Crippen molar-refractivity contribution in [2.24, 2.45) is 5.73 Å². The van der Waals surface area contributed by atoms with E-state index in [-0.39, 0.29) is 41.0 Å². The number of nitrogens with zero attached hydrogens (tertiary/aromatic N) is 1. The summed E-state index contributed by atoms with van der Waals surface area (Å²) < 4.78 is 72.6. The van der Waals surface area contributed by atoms with Gasteiger partial charge in [-0.05, 0) is 36.4 Å². The zero-order chi connectivity index (χ0) is 28.3. The quantitative estimate of drug-likeness (QED) is 0.225. The Morgan fingerprint density at radius 3 is 2.26 bits per heavy atom. The summed E-state index contributed by atoms with van der Waals surface area (Å²) in [5, 5.41) is 4.70. The van der Waals surface area contributed by atoms with Crippen LogP contribution in [0.5, 0.6) is 0 Å². The Hall–Kier alpha value is -4.78. The van der Waals surface area contributed by atoms with E-state index in [1.165, 1.54) is 12.1 Å². The molecule has 13 heteroatoms. The number of esters is 1. The molecule has 1 aromatic heterocycles. The van der Waals surface area contributed by atoms with E-state index in [9.17, 15) is 36.3 Å². The molecular formula is C26H19F5N4O4. The molecule has 202 valence electrons. The molecule has 8 nitrogen and oxygen atoms in total. The zero-order valence-electron chi connectivity index (χ0n) is 19.8. The number of carbonyl (C=O) groups excluding carboxylic acids is 3. The minimum atomic E-state index is -4.56. The van der Waals surface area contributed by atoms with E-state index >= 15 is 0 Å². The van der Waals surface area contributed by atoms with Gasteiger partial charge in [0.25, 0.3) is 5.91 Å². The van der Waals surface area contributed by atoms with Crippen LogP contribution < -0.4 is 16.4 Å². The van der Waals surface area contributed by atoms with Gasteiger partial charge in [-0.15, -0.1) is 0 Å². The maximum Gasteiger partial charge on any atom is 0.416 e. The fraction of sp³-hybridized carbons (Fsp3) is 0.115. The van der Waals surface area contributed by atoms with E-state index in [0.29, 0.717) is 5.56 Å². The van der Waals surface area contributed by atoms with Gasteiger partial charge >= 0.3 is 18.2 Å². The molecule has 4 N–H and O–H groups in total. The summed E-state index contributed by atoms with van der Waals surface area (Å²) in [4.78, 5) is 37.5. The van der Waals surface area contributed by atoms with Gasteiger partial charge in [0.15, 0.2) is 11.6 Å². The number of carbonyl (C=O) groups is 3. The summed E-state index contributed by atoms with van der Waals surface area (Å²) in [6.07, 6.45) is -3.42. The van der Waals surface area contributed by atoms with Crippen LogP contribution in [0.15, 0.2) is 66.9 Å². The number of benzene rings is 3. The van der Waals surface area contributed by atoms with Gasteiger partial charge in [-0.2, -0.15) is 13.2 Å². The molecule has 0 radical (unpaired) electrons. The van der Waals surface area contributed by atoms with Crippen molar-refractivity contribution >= 4 is 40.2 Å². The predicted octanol–water partition coefficient (Wildman–Crippen LogP) is 5.27. The normalized spacial score (nSPS) is 11.3. The van der Waals surface area contributed by atoms with Gasteiger partial charge < -0.3 is 21.1 Å². The van der Waals surface area contributed by atoms with Crippen LogP contribution >= 0.6 is 0 Å².